The molecule has 70 valence electrons. The van der Waals surface area contributed by atoms with Crippen molar-refractivity contribution in [1.29, 1.82) is 0 Å². The Morgan fingerprint density at radius 1 is 1.58 bits per heavy atom. The van der Waals surface area contributed by atoms with Crippen LogP contribution in [0.2, 0.25) is 0 Å². The van der Waals surface area contributed by atoms with Gasteiger partial charge in [-0.15, -0.1) is 0 Å². The molecule has 0 saturated heterocycles. The Bertz CT molecular complexity index is 171. The van der Waals surface area contributed by atoms with E-state index in [1.807, 2.05) is 13.8 Å². The van der Waals surface area contributed by atoms with Gasteiger partial charge in [-0.25, -0.2) is 0 Å². The average Bonchev–Trinajstić information content (AvgIpc) is 1.98. The van der Waals surface area contributed by atoms with Crippen LogP contribution in [-0.4, -0.2) is 23.5 Å². The molecule has 0 aromatic heterocycles. The topological polar surface area (TPSA) is 49.3 Å². The first-order valence-electron chi connectivity index (χ1n) is 4.16. The van der Waals surface area contributed by atoms with E-state index in [9.17, 15) is 4.79 Å². The number of aliphatic hydroxyl groups is 1. The Kier molecular flexibility index (Phi) is 5.37. The van der Waals surface area contributed by atoms with Crippen molar-refractivity contribution in [2.45, 2.75) is 33.2 Å². The van der Waals surface area contributed by atoms with Gasteiger partial charge in [0.15, 0.2) is 5.78 Å². The molecule has 0 saturated carbocycles. The van der Waals surface area contributed by atoms with Gasteiger partial charge in [-0.2, -0.15) is 0 Å². The highest BCUT2D eigenvalue weighted by molar-refractivity contribution is 5.87. The van der Waals surface area contributed by atoms with Crippen molar-refractivity contribution < 1.29 is 9.90 Å². The second kappa shape index (κ2) is 5.77. The van der Waals surface area contributed by atoms with Gasteiger partial charge in [0, 0.05) is 11.7 Å². The third-order valence-electron chi connectivity index (χ3n) is 1.56. The maximum absolute atomic E-state index is 10.6. The molecule has 12 heavy (non-hydrogen) atoms. The van der Waals surface area contributed by atoms with Crippen molar-refractivity contribution in [3.8, 4) is 0 Å². The van der Waals surface area contributed by atoms with Crippen molar-refractivity contribution in [3.63, 3.8) is 0 Å². The van der Waals surface area contributed by atoms with Gasteiger partial charge in [0.2, 0.25) is 0 Å². The summed E-state index contributed by atoms with van der Waals surface area (Å²) >= 11 is 0. The van der Waals surface area contributed by atoms with Gasteiger partial charge in [0.25, 0.3) is 0 Å². The number of rotatable bonds is 5. The van der Waals surface area contributed by atoms with E-state index >= 15 is 0 Å². The zero-order valence-corrected chi connectivity index (χ0v) is 7.92. The molecule has 0 aliphatic carbocycles. The number of hydrogen-bond acceptors (Lipinski definition) is 3. The van der Waals surface area contributed by atoms with Crippen LogP contribution >= 0.6 is 0 Å². The number of hydrogen-bond donors (Lipinski definition) is 2. The van der Waals surface area contributed by atoms with Crippen LogP contribution in [0.3, 0.4) is 0 Å². The van der Waals surface area contributed by atoms with Crippen LogP contribution in [0.25, 0.3) is 0 Å². The summed E-state index contributed by atoms with van der Waals surface area (Å²) in [6, 6.07) is 0.0561. The molecular weight excluding hydrogens is 154 g/mol. The van der Waals surface area contributed by atoms with E-state index in [4.69, 9.17) is 5.11 Å². The van der Waals surface area contributed by atoms with Crippen LogP contribution in [0, 0.1) is 0 Å². The van der Waals surface area contributed by atoms with Crippen LogP contribution < -0.4 is 5.32 Å². The molecule has 0 radical (unpaired) electrons. The summed E-state index contributed by atoms with van der Waals surface area (Å²) in [5.74, 6) is 0.0211. The molecule has 0 aromatic rings. The molecule has 0 aromatic carbocycles. The van der Waals surface area contributed by atoms with E-state index in [-0.39, 0.29) is 18.4 Å². The second-order valence-electron chi connectivity index (χ2n) is 2.87. The fourth-order valence-electron chi connectivity index (χ4n) is 0.945. The van der Waals surface area contributed by atoms with Gasteiger partial charge >= 0.3 is 0 Å². The predicted molar refractivity (Wildman–Crippen MR) is 48.7 cm³/mol. The largest absolute Gasteiger partial charge is 0.394 e. The molecule has 0 fully saturated rings. The summed E-state index contributed by atoms with van der Waals surface area (Å²) in [5, 5.41) is 11.9. The summed E-state index contributed by atoms with van der Waals surface area (Å²) < 4.78 is 0. The average molecular weight is 171 g/mol. The van der Waals surface area contributed by atoms with E-state index in [1.54, 1.807) is 0 Å². The van der Waals surface area contributed by atoms with Crippen molar-refractivity contribution in [2.24, 2.45) is 0 Å². The van der Waals surface area contributed by atoms with Gasteiger partial charge in [0.1, 0.15) is 0 Å². The van der Waals surface area contributed by atoms with E-state index in [0.717, 1.165) is 12.1 Å². The molecule has 0 bridgehead atoms. The van der Waals surface area contributed by atoms with Crippen LogP contribution in [0.1, 0.15) is 27.2 Å². The lowest BCUT2D eigenvalue weighted by Gasteiger charge is -2.15. The summed E-state index contributed by atoms with van der Waals surface area (Å²) in [6.07, 6.45) is 2.37. The minimum absolute atomic E-state index is 0.0211. The van der Waals surface area contributed by atoms with Gasteiger partial charge in [-0.05, 0) is 26.3 Å². The molecule has 1 atom stereocenters. The normalized spacial score (nSPS) is 14.2. The summed E-state index contributed by atoms with van der Waals surface area (Å²) in [6.45, 7) is 5.40. The Morgan fingerprint density at radius 2 is 2.17 bits per heavy atom. The second-order valence-corrected chi connectivity index (χ2v) is 2.87. The molecule has 3 nitrogen and oxygen atoms in total. The molecule has 0 spiro atoms. The quantitative estimate of drug-likeness (QED) is 0.603. The first-order valence-corrected chi connectivity index (χ1v) is 4.16. The van der Waals surface area contributed by atoms with Crippen molar-refractivity contribution in [2.75, 3.05) is 6.61 Å². The predicted octanol–water partition coefficient (Wildman–Crippen LogP) is 0.840. The molecule has 1 unspecified atom stereocenters. The highest BCUT2D eigenvalue weighted by atomic mass is 16.3. The van der Waals surface area contributed by atoms with Crippen molar-refractivity contribution in [1.82, 2.24) is 5.32 Å². The maximum Gasteiger partial charge on any atom is 0.154 e. The molecule has 3 heteroatoms. The molecule has 0 heterocycles. The minimum Gasteiger partial charge on any atom is -0.394 e. The third kappa shape index (κ3) is 4.91. The SMILES string of the molecule is CCC(CO)N/C(C)=C\C(C)=O. The Morgan fingerprint density at radius 3 is 2.50 bits per heavy atom. The van der Waals surface area contributed by atoms with E-state index in [0.29, 0.717) is 0 Å². The number of ketones is 1. The summed E-state index contributed by atoms with van der Waals surface area (Å²) in [5.41, 5.74) is 0.809. The highest BCUT2D eigenvalue weighted by Gasteiger charge is 2.02. The number of allylic oxidation sites excluding steroid dienone is 2. The molecule has 0 amide bonds. The fraction of sp³-hybridized carbons (Fsp3) is 0.667. The third-order valence-corrected chi connectivity index (χ3v) is 1.56. The molecular formula is C9H17NO2. The van der Waals surface area contributed by atoms with Crippen LogP contribution in [-0.2, 0) is 4.79 Å². The first-order chi connectivity index (χ1) is 5.60. The lowest BCUT2D eigenvalue weighted by atomic mass is 10.2. The Labute approximate surface area is 73.5 Å². The summed E-state index contributed by atoms with van der Waals surface area (Å²) in [4.78, 5) is 10.6. The lowest BCUT2D eigenvalue weighted by molar-refractivity contribution is -0.112. The lowest BCUT2D eigenvalue weighted by Crippen LogP contribution is -2.30. The first kappa shape index (κ1) is 11.2. The molecule has 0 rings (SSSR count). The van der Waals surface area contributed by atoms with Crippen LogP contribution in [0.4, 0.5) is 0 Å². The van der Waals surface area contributed by atoms with Crippen molar-refractivity contribution in [3.05, 3.63) is 11.8 Å². The zero-order chi connectivity index (χ0) is 9.56. The van der Waals surface area contributed by atoms with Crippen LogP contribution in [0.15, 0.2) is 11.8 Å². The van der Waals surface area contributed by atoms with Crippen LogP contribution in [0.5, 0.6) is 0 Å². The Balaban J connectivity index is 3.97. The molecule has 2 N–H and O–H groups in total. The number of aliphatic hydroxyl groups excluding tert-OH is 1. The summed E-state index contributed by atoms with van der Waals surface area (Å²) in [7, 11) is 0. The van der Waals surface area contributed by atoms with E-state index < -0.39 is 0 Å². The number of nitrogens with one attached hydrogen (secondary N) is 1. The smallest absolute Gasteiger partial charge is 0.154 e. The number of carbonyl (C=O) groups is 1. The molecule has 0 aliphatic heterocycles. The van der Waals surface area contributed by atoms with E-state index in [2.05, 4.69) is 5.32 Å². The standard InChI is InChI=1S/C9H17NO2/c1-4-9(6-11)10-7(2)5-8(3)12/h5,9-11H,4,6H2,1-3H3/b7-5-. The van der Waals surface area contributed by atoms with E-state index in [1.165, 1.54) is 13.0 Å². The highest BCUT2D eigenvalue weighted by Crippen LogP contribution is 1.95. The maximum atomic E-state index is 10.6. The van der Waals surface area contributed by atoms with Crippen molar-refractivity contribution >= 4 is 5.78 Å². The zero-order valence-electron chi connectivity index (χ0n) is 7.92. The fourth-order valence-corrected chi connectivity index (χ4v) is 0.945. The van der Waals surface area contributed by atoms with Gasteiger partial charge < -0.3 is 10.4 Å². The monoisotopic (exact) mass is 171 g/mol. The molecule has 0 aliphatic rings. The van der Waals surface area contributed by atoms with Gasteiger partial charge in [0.05, 0.1) is 6.61 Å². The minimum atomic E-state index is 0.0211. The van der Waals surface area contributed by atoms with Gasteiger partial charge in [-0.3, -0.25) is 4.79 Å². The van der Waals surface area contributed by atoms with Gasteiger partial charge in [-0.1, -0.05) is 6.92 Å². The number of carbonyl (C=O) groups excluding carboxylic acids is 1. The Hall–Kier alpha value is -0.830.